The van der Waals surface area contributed by atoms with Crippen molar-refractivity contribution in [3.63, 3.8) is 0 Å². The summed E-state index contributed by atoms with van der Waals surface area (Å²) in [6.45, 7) is 0. The van der Waals surface area contributed by atoms with Crippen LogP contribution in [-0.2, 0) is 0 Å². The van der Waals surface area contributed by atoms with Crippen molar-refractivity contribution in [3.8, 4) is 28.7 Å². The summed E-state index contributed by atoms with van der Waals surface area (Å²) in [5, 5.41) is 23.6. The third kappa shape index (κ3) is 5.22. The number of nitrogens with one attached hydrogen (secondary N) is 2. The fourth-order valence-electron chi connectivity index (χ4n) is 6.49. The van der Waals surface area contributed by atoms with E-state index >= 15 is 0 Å². The van der Waals surface area contributed by atoms with Crippen molar-refractivity contribution in [2.75, 3.05) is 15.5 Å². The molecular weight excluding hydrogens is 649 g/mol. The lowest BCUT2D eigenvalue weighted by Gasteiger charge is -2.38. The van der Waals surface area contributed by atoms with Gasteiger partial charge in [0.05, 0.1) is 51.2 Å². The smallest absolute Gasteiger partial charge is 0.151 e. The fraction of sp³-hybridized carbons (Fsp3) is 0. The van der Waals surface area contributed by atoms with E-state index in [2.05, 4.69) is 40.1 Å². The van der Waals surface area contributed by atoms with Gasteiger partial charge in [-0.3, -0.25) is 10.8 Å². The van der Waals surface area contributed by atoms with Crippen LogP contribution in [0.1, 0.15) is 0 Å². The molecule has 10 heteroatoms. The molecule has 0 amide bonds. The number of anilines is 7. The lowest BCUT2D eigenvalue weighted by Crippen LogP contribution is -2.22. The Kier molecular flexibility index (Phi) is 7.33. The summed E-state index contributed by atoms with van der Waals surface area (Å²) in [6.07, 6.45) is 6.70. The van der Waals surface area contributed by atoms with E-state index in [4.69, 9.17) is 36.2 Å². The Morgan fingerprint density at radius 2 is 0.808 bits per heavy atom. The van der Waals surface area contributed by atoms with Crippen LogP contribution in [0.2, 0.25) is 0 Å². The highest BCUT2D eigenvalue weighted by Crippen LogP contribution is 2.57. The first-order valence-corrected chi connectivity index (χ1v) is 16.6. The Morgan fingerprint density at radius 1 is 0.442 bits per heavy atom. The first-order chi connectivity index (χ1) is 25.5. The number of para-hydroxylation sites is 8. The molecular formula is C42H30N8O2. The molecule has 0 fully saturated rings. The largest absolute Gasteiger partial charge is 0.453 e. The summed E-state index contributed by atoms with van der Waals surface area (Å²) < 4.78 is 12.7. The summed E-state index contributed by atoms with van der Waals surface area (Å²) >= 11 is 0. The molecule has 0 spiro atoms. The summed E-state index contributed by atoms with van der Waals surface area (Å²) in [5.41, 5.74) is 15.6. The molecule has 4 N–H and O–H groups in total. The van der Waals surface area contributed by atoms with Crippen molar-refractivity contribution >= 4 is 62.3 Å². The summed E-state index contributed by atoms with van der Waals surface area (Å²) in [5.74, 6) is 3.01. The highest BCUT2D eigenvalue weighted by molar-refractivity contribution is 6.48. The molecule has 7 aromatic rings. The molecule has 0 radical (unpaired) electrons. The quantitative estimate of drug-likeness (QED) is 0.125. The number of nitrogens with two attached hydrogens (primary N) is 1. The third-order valence-electron chi connectivity index (χ3n) is 8.90. The van der Waals surface area contributed by atoms with Crippen molar-refractivity contribution in [3.05, 3.63) is 158 Å². The number of nitrogen functional groups attached to an aromatic ring is 1. The molecule has 1 aromatic heterocycles. The zero-order chi connectivity index (χ0) is 35.2. The molecule has 6 aromatic carbocycles. The Bertz CT molecular complexity index is 2480. The topological polar surface area (TPSA) is 129 Å². The molecule has 1 aliphatic carbocycles. The molecule has 3 aliphatic rings. The van der Waals surface area contributed by atoms with Crippen LogP contribution in [0, 0.1) is 10.8 Å². The van der Waals surface area contributed by atoms with Crippen LogP contribution in [0.25, 0.3) is 16.7 Å². The van der Waals surface area contributed by atoms with Crippen LogP contribution < -0.4 is 25.0 Å². The number of fused-ring (bicyclic) bond motifs is 5. The van der Waals surface area contributed by atoms with Gasteiger partial charge in [-0.15, -0.1) is 15.0 Å². The van der Waals surface area contributed by atoms with Crippen molar-refractivity contribution in [1.82, 2.24) is 15.0 Å². The van der Waals surface area contributed by atoms with E-state index in [0.29, 0.717) is 11.4 Å². The minimum Gasteiger partial charge on any atom is -0.453 e. The monoisotopic (exact) mass is 678 g/mol. The van der Waals surface area contributed by atoms with Crippen molar-refractivity contribution in [2.45, 2.75) is 0 Å². The first-order valence-electron chi connectivity index (χ1n) is 16.6. The van der Waals surface area contributed by atoms with E-state index in [-0.39, 0.29) is 11.4 Å². The SMILES string of the molecule is N=C1C=CC=CC1=N.Nc1cc(N2c3ccccc3Oc3ccccc32)c(N2c3ccccc3Oc3ccccc32)cc1-n1nc2ccccc2n1. The molecule has 0 bridgehead atoms. The zero-order valence-corrected chi connectivity index (χ0v) is 27.6. The van der Waals surface area contributed by atoms with Crippen LogP contribution in [0.15, 0.2) is 158 Å². The van der Waals surface area contributed by atoms with Gasteiger partial charge in [0.15, 0.2) is 23.0 Å². The van der Waals surface area contributed by atoms with Gasteiger partial charge in [0.1, 0.15) is 16.7 Å². The van der Waals surface area contributed by atoms with E-state index in [1.165, 1.54) is 0 Å². The number of allylic oxidation sites excluding steroid dienone is 4. The molecule has 0 saturated carbocycles. The molecule has 10 nitrogen and oxygen atoms in total. The lowest BCUT2D eigenvalue weighted by molar-refractivity contribution is 0.476. The van der Waals surface area contributed by atoms with Gasteiger partial charge in [-0.25, -0.2) is 0 Å². The zero-order valence-electron chi connectivity index (χ0n) is 27.6. The molecule has 10 rings (SSSR count). The number of nitrogens with zero attached hydrogens (tertiary/aromatic N) is 5. The molecule has 0 unspecified atom stereocenters. The molecule has 0 saturated heterocycles. The first kappa shape index (κ1) is 30.6. The predicted octanol–water partition coefficient (Wildman–Crippen LogP) is 10.3. The highest BCUT2D eigenvalue weighted by atomic mass is 16.5. The van der Waals surface area contributed by atoms with Crippen LogP contribution in [0.4, 0.5) is 39.8 Å². The molecule has 2 aliphatic heterocycles. The molecule has 250 valence electrons. The summed E-state index contributed by atoms with van der Waals surface area (Å²) in [4.78, 5) is 6.04. The number of hydrogen-bond donors (Lipinski definition) is 3. The number of rotatable bonds is 3. The Balaban J connectivity index is 0.000000401. The summed E-state index contributed by atoms with van der Waals surface area (Å²) in [6, 6.07) is 44.0. The standard InChI is InChI=1S/C36H24N6O2.C6H6N2/c37-23-21-31(40-26-13-3-7-17-33(26)43-34-18-8-4-14-27(34)40)32(22-30(23)42-38-24-11-1-2-12-25(24)39-42)41-28-15-5-9-19-35(28)44-36-20-10-6-16-29(36)41;7-5-3-1-2-4-6(5)8/h1-22H,37H2;1-4,7-8H. The maximum Gasteiger partial charge on any atom is 0.151 e. The Morgan fingerprint density at radius 3 is 1.21 bits per heavy atom. The number of benzene rings is 6. The van der Waals surface area contributed by atoms with Crippen LogP contribution in [0.3, 0.4) is 0 Å². The van der Waals surface area contributed by atoms with Crippen LogP contribution >= 0.6 is 0 Å². The van der Waals surface area contributed by atoms with E-state index < -0.39 is 0 Å². The molecule has 3 heterocycles. The van der Waals surface area contributed by atoms with Crippen molar-refractivity contribution < 1.29 is 9.47 Å². The van der Waals surface area contributed by atoms with Crippen LogP contribution in [-0.4, -0.2) is 26.4 Å². The lowest BCUT2D eigenvalue weighted by atomic mass is 10.1. The van der Waals surface area contributed by atoms with Crippen molar-refractivity contribution in [1.29, 1.82) is 10.8 Å². The molecule has 52 heavy (non-hydrogen) atoms. The maximum atomic E-state index is 7.03. The third-order valence-corrected chi connectivity index (χ3v) is 8.90. The number of hydrogen-bond acceptors (Lipinski definition) is 9. The Labute approximate surface area is 298 Å². The second kappa shape index (κ2) is 12.5. The van der Waals surface area contributed by atoms with Crippen molar-refractivity contribution in [2.24, 2.45) is 0 Å². The predicted molar refractivity (Wildman–Crippen MR) is 207 cm³/mol. The summed E-state index contributed by atoms with van der Waals surface area (Å²) in [7, 11) is 0. The average Bonchev–Trinajstić information content (AvgIpc) is 3.62. The van der Waals surface area contributed by atoms with Gasteiger partial charge >= 0.3 is 0 Å². The number of aromatic nitrogens is 3. The maximum absolute atomic E-state index is 7.03. The van der Waals surface area contributed by atoms with E-state index in [9.17, 15) is 0 Å². The highest BCUT2D eigenvalue weighted by Gasteiger charge is 2.33. The van der Waals surface area contributed by atoms with Crippen LogP contribution in [0.5, 0.6) is 23.0 Å². The normalized spacial score (nSPS) is 13.6. The second-order valence-electron chi connectivity index (χ2n) is 12.2. The van der Waals surface area contributed by atoms with E-state index in [1.54, 1.807) is 29.1 Å². The van der Waals surface area contributed by atoms with Gasteiger partial charge in [0.2, 0.25) is 0 Å². The average molecular weight is 679 g/mol. The number of ether oxygens (including phenoxy) is 2. The van der Waals surface area contributed by atoms with Gasteiger partial charge in [-0.05, 0) is 84.9 Å². The van der Waals surface area contributed by atoms with Gasteiger partial charge in [-0.2, -0.15) is 0 Å². The van der Waals surface area contributed by atoms with Gasteiger partial charge in [0.25, 0.3) is 0 Å². The minimum absolute atomic E-state index is 0.285. The Hall–Kier alpha value is -7.46. The van der Waals surface area contributed by atoms with E-state index in [0.717, 1.165) is 68.2 Å². The van der Waals surface area contributed by atoms with Gasteiger partial charge < -0.3 is 25.0 Å². The van der Waals surface area contributed by atoms with E-state index in [1.807, 2.05) is 103 Å². The second-order valence-corrected chi connectivity index (χ2v) is 12.2. The van der Waals surface area contributed by atoms with Gasteiger partial charge in [-0.1, -0.05) is 72.8 Å². The fourth-order valence-corrected chi connectivity index (χ4v) is 6.49. The minimum atomic E-state index is 0.285. The van der Waals surface area contributed by atoms with Gasteiger partial charge in [0, 0.05) is 0 Å². The molecule has 0 atom stereocenters.